The largest absolute Gasteiger partial charge is 0.462 e. The Morgan fingerprint density at radius 1 is 1.05 bits per heavy atom. The summed E-state index contributed by atoms with van der Waals surface area (Å²) in [5, 5.41) is 18.6. The lowest BCUT2D eigenvalue weighted by Crippen LogP contribution is -2.37. The van der Waals surface area contributed by atoms with Crippen LogP contribution in [0.4, 0.5) is 0 Å². The van der Waals surface area contributed by atoms with Gasteiger partial charge in [0.05, 0.1) is 6.61 Å². The molecule has 7 nitrogen and oxygen atoms in total. The van der Waals surface area contributed by atoms with Crippen LogP contribution < -0.4 is 0 Å². The molecule has 0 aliphatic heterocycles. The number of hydrogen-bond donors (Lipinski definition) is 2. The summed E-state index contributed by atoms with van der Waals surface area (Å²) < 4.78 is 13.9. The first kappa shape index (κ1) is 22.1. The summed E-state index contributed by atoms with van der Waals surface area (Å²) in [4.78, 5) is 22.7. The molecule has 2 atom stereocenters. The summed E-state index contributed by atoms with van der Waals surface area (Å²) in [6, 6.07) is 0. The summed E-state index contributed by atoms with van der Waals surface area (Å²) in [5.74, 6) is -2.67. The summed E-state index contributed by atoms with van der Waals surface area (Å²) >= 11 is 0. The smallest absolute Gasteiger partial charge is 0.317 e. The molecule has 126 valence electrons. The maximum absolute atomic E-state index is 11.7. The van der Waals surface area contributed by atoms with Gasteiger partial charge in [-0.05, 0) is 12.8 Å². The van der Waals surface area contributed by atoms with Gasteiger partial charge in [0.25, 0.3) is 0 Å². The van der Waals surface area contributed by atoms with E-state index in [0.717, 1.165) is 0 Å². The van der Waals surface area contributed by atoms with Crippen molar-refractivity contribution in [1.29, 1.82) is 0 Å². The van der Waals surface area contributed by atoms with Crippen LogP contribution in [0.3, 0.4) is 0 Å². The summed E-state index contributed by atoms with van der Waals surface area (Å²) in [6.07, 6.45) is -0.572. The summed E-state index contributed by atoms with van der Waals surface area (Å²) in [5.41, 5.74) is 0. The van der Waals surface area contributed by atoms with E-state index < -0.39 is 30.8 Å². The van der Waals surface area contributed by atoms with Crippen molar-refractivity contribution >= 4 is 11.9 Å². The Hall–Kier alpha value is -1.18. The molecule has 0 aliphatic rings. The average molecular weight is 308 g/mol. The van der Waals surface area contributed by atoms with Crippen molar-refractivity contribution in [3.63, 3.8) is 0 Å². The standard InChI is InChI=1S/C12H22O6.C2H6O/c1-4-8(5-2)17-11(15)9(7-13)12(16)18-10(14)6-3;1-3-2/h8-9,12-13,16H,4-7H2,1-3H3;1-2H3. The lowest BCUT2D eigenvalue weighted by atomic mass is 10.1. The second-order valence-corrected chi connectivity index (χ2v) is 4.31. The fourth-order valence-electron chi connectivity index (χ4n) is 1.29. The van der Waals surface area contributed by atoms with Crippen LogP contribution in [-0.2, 0) is 23.8 Å². The second kappa shape index (κ2) is 13.8. The molecule has 0 amide bonds. The van der Waals surface area contributed by atoms with Crippen LogP contribution in [0.15, 0.2) is 0 Å². The van der Waals surface area contributed by atoms with Crippen LogP contribution in [0.5, 0.6) is 0 Å². The number of rotatable bonds is 8. The van der Waals surface area contributed by atoms with Crippen molar-refractivity contribution in [2.24, 2.45) is 5.92 Å². The zero-order chi connectivity index (χ0) is 16.8. The molecule has 0 aromatic rings. The normalized spacial score (nSPS) is 13.0. The summed E-state index contributed by atoms with van der Waals surface area (Å²) in [6.45, 7) is 4.65. The highest BCUT2D eigenvalue weighted by Crippen LogP contribution is 2.12. The van der Waals surface area contributed by atoms with Crippen LogP contribution in [0, 0.1) is 5.92 Å². The van der Waals surface area contributed by atoms with E-state index in [0.29, 0.717) is 12.8 Å². The third-order valence-electron chi connectivity index (χ3n) is 2.58. The van der Waals surface area contributed by atoms with E-state index in [-0.39, 0.29) is 12.5 Å². The molecule has 0 saturated heterocycles. The molecule has 0 aromatic heterocycles. The van der Waals surface area contributed by atoms with Crippen LogP contribution >= 0.6 is 0 Å². The van der Waals surface area contributed by atoms with Gasteiger partial charge in [0.2, 0.25) is 6.29 Å². The molecule has 0 aliphatic carbocycles. The van der Waals surface area contributed by atoms with Gasteiger partial charge in [-0.15, -0.1) is 0 Å². The van der Waals surface area contributed by atoms with Crippen molar-refractivity contribution in [3.05, 3.63) is 0 Å². The molecule has 2 N–H and O–H groups in total. The Kier molecular flexibility index (Phi) is 14.5. The Labute approximate surface area is 126 Å². The van der Waals surface area contributed by atoms with Crippen molar-refractivity contribution in [1.82, 2.24) is 0 Å². The van der Waals surface area contributed by atoms with Crippen LogP contribution in [-0.4, -0.2) is 55.4 Å². The number of aliphatic hydroxyl groups excluding tert-OH is 2. The van der Waals surface area contributed by atoms with E-state index in [2.05, 4.69) is 9.47 Å². The van der Waals surface area contributed by atoms with Gasteiger partial charge < -0.3 is 24.4 Å². The number of aliphatic hydroxyl groups is 2. The zero-order valence-corrected chi connectivity index (χ0v) is 13.5. The fourth-order valence-corrected chi connectivity index (χ4v) is 1.29. The van der Waals surface area contributed by atoms with E-state index in [1.54, 1.807) is 21.1 Å². The maximum atomic E-state index is 11.7. The molecule has 0 rings (SSSR count). The number of esters is 2. The third kappa shape index (κ3) is 10.2. The molecule has 0 heterocycles. The first-order valence-electron chi connectivity index (χ1n) is 7.00. The maximum Gasteiger partial charge on any atom is 0.317 e. The Bertz CT molecular complexity index is 276. The number of ether oxygens (including phenoxy) is 3. The van der Waals surface area contributed by atoms with E-state index in [4.69, 9.17) is 9.84 Å². The van der Waals surface area contributed by atoms with Crippen LogP contribution in [0.25, 0.3) is 0 Å². The first-order valence-corrected chi connectivity index (χ1v) is 7.00. The topological polar surface area (TPSA) is 102 Å². The SMILES string of the molecule is CCC(=O)OC(O)C(CO)C(=O)OC(CC)CC.COC. The monoisotopic (exact) mass is 308 g/mol. The highest BCUT2D eigenvalue weighted by molar-refractivity contribution is 5.74. The first-order chi connectivity index (χ1) is 9.91. The van der Waals surface area contributed by atoms with Crippen LogP contribution in [0.1, 0.15) is 40.0 Å². The van der Waals surface area contributed by atoms with Crippen molar-refractivity contribution in [3.8, 4) is 0 Å². The average Bonchev–Trinajstić information content (AvgIpc) is 2.46. The zero-order valence-electron chi connectivity index (χ0n) is 13.5. The number of carbonyl (C=O) groups is 2. The van der Waals surface area contributed by atoms with Gasteiger partial charge in [0.15, 0.2) is 0 Å². The predicted octanol–water partition coefficient (Wildman–Crippen LogP) is 0.861. The minimum Gasteiger partial charge on any atom is -0.462 e. The molecule has 0 aromatic carbocycles. The predicted molar refractivity (Wildman–Crippen MR) is 76.4 cm³/mol. The molecule has 0 saturated carbocycles. The third-order valence-corrected chi connectivity index (χ3v) is 2.58. The van der Waals surface area contributed by atoms with Gasteiger partial charge in [0.1, 0.15) is 12.0 Å². The Morgan fingerprint density at radius 3 is 1.86 bits per heavy atom. The highest BCUT2D eigenvalue weighted by atomic mass is 16.6. The molecule has 0 spiro atoms. The molecule has 0 radical (unpaired) electrons. The Balaban J connectivity index is 0. The van der Waals surface area contributed by atoms with E-state index in [9.17, 15) is 14.7 Å². The van der Waals surface area contributed by atoms with E-state index >= 15 is 0 Å². The highest BCUT2D eigenvalue weighted by Gasteiger charge is 2.31. The number of methoxy groups -OCH3 is 1. The summed E-state index contributed by atoms with van der Waals surface area (Å²) in [7, 11) is 3.25. The van der Waals surface area contributed by atoms with Gasteiger partial charge in [-0.25, -0.2) is 0 Å². The molecule has 0 bridgehead atoms. The molecular formula is C14H28O7. The van der Waals surface area contributed by atoms with Gasteiger partial charge >= 0.3 is 11.9 Å². The van der Waals surface area contributed by atoms with Crippen molar-refractivity contribution in [2.45, 2.75) is 52.4 Å². The van der Waals surface area contributed by atoms with Crippen molar-refractivity contribution in [2.75, 3.05) is 20.8 Å². The molecular weight excluding hydrogens is 280 g/mol. The van der Waals surface area contributed by atoms with E-state index in [1.807, 2.05) is 13.8 Å². The lowest BCUT2D eigenvalue weighted by Gasteiger charge is -2.22. The quantitative estimate of drug-likeness (QED) is 0.506. The lowest BCUT2D eigenvalue weighted by molar-refractivity contribution is -0.191. The molecule has 21 heavy (non-hydrogen) atoms. The molecule has 2 unspecified atom stereocenters. The van der Waals surface area contributed by atoms with Crippen molar-refractivity contribution < 1.29 is 34.0 Å². The number of hydrogen-bond acceptors (Lipinski definition) is 7. The second-order valence-electron chi connectivity index (χ2n) is 4.31. The minimum absolute atomic E-state index is 0.0802. The fraction of sp³-hybridized carbons (Fsp3) is 0.857. The van der Waals surface area contributed by atoms with Crippen LogP contribution in [0.2, 0.25) is 0 Å². The molecule has 0 fully saturated rings. The van der Waals surface area contributed by atoms with Gasteiger partial charge in [-0.1, -0.05) is 20.8 Å². The van der Waals surface area contributed by atoms with Gasteiger partial charge in [-0.3, -0.25) is 9.59 Å². The molecule has 7 heteroatoms. The van der Waals surface area contributed by atoms with Gasteiger partial charge in [0, 0.05) is 20.6 Å². The van der Waals surface area contributed by atoms with Gasteiger partial charge in [-0.2, -0.15) is 0 Å². The number of carbonyl (C=O) groups excluding carboxylic acids is 2. The Morgan fingerprint density at radius 2 is 1.52 bits per heavy atom. The van der Waals surface area contributed by atoms with E-state index in [1.165, 1.54) is 0 Å². The minimum atomic E-state index is -1.68.